The van der Waals surface area contributed by atoms with Gasteiger partial charge in [0.2, 0.25) is 5.91 Å². The number of nitrogens with zero attached hydrogens (tertiary/aromatic N) is 3. The number of rotatable bonds is 5. The molecule has 0 aliphatic carbocycles. The largest absolute Gasteiger partial charge is 0.312 e. The van der Waals surface area contributed by atoms with Crippen LogP contribution in [0.1, 0.15) is 39.5 Å². The lowest BCUT2D eigenvalue weighted by molar-refractivity contribution is -0.117. The van der Waals surface area contributed by atoms with E-state index < -0.39 is 0 Å². The molecular weight excluding hydrogens is 390 g/mol. The van der Waals surface area contributed by atoms with Crippen molar-refractivity contribution in [2.75, 3.05) is 17.2 Å². The average Bonchev–Trinajstić information content (AvgIpc) is 3.22. The summed E-state index contributed by atoms with van der Waals surface area (Å²) in [6, 6.07) is 7.34. The first-order valence-corrected chi connectivity index (χ1v) is 11.0. The van der Waals surface area contributed by atoms with Crippen LogP contribution in [0.5, 0.6) is 0 Å². The number of Topliss-reactive ketones (excluding diaryl/α,β-unsaturated/α-hetero) is 1. The number of aromatic nitrogens is 2. The summed E-state index contributed by atoms with van der Waals surface area (Å²) < 4.78 is 0. The number of amides is 1. The van der Waals surface area contributed by atoms with Crippen LogP contribution in [0.4, 0.5) is 5.69 Å². The van der Waals surface area contributed by atoms with Gasteiger partial charge in [-0.1, -0.05) is 11.8 Å². The van der Waals surface area contributed by atoms with Gasteiger partial charge in [-0.2, -0.15) is 0 Å². The number of hydrogen-bond acceptors (Lipinski definition) is 6. The van der Waals surface area contributed by atoms with Gasteiger partial charge in [-0.15, -0.1) is 11.3 Å². The third kappa shape index (κ3) is 3.56. The predicted octanol–water partition coefficient (Wildman–Crippen LogP) is 4.72. The van der Waals surface area contributed by atoms with Crippen LogP contribution >= 0.6 is 23.1 Å². The van der Waals surface area contributed by atoms with E-state index in [0.717, 1.165) is 39.7 Å². The molecule has 4 rings (SSSR count). The van der Waals surface area contributed by atoms with Gasteiger partial charge in [0.15, 0.2) is 5.78 Å². The van der Waals surface area contributed by atoms with Crippen molar-refractivity contribution in [3.8, 4) is 0 Å². The van der Waals surface area contributed by atoms with Crippen LogP contribution in [0.25, 0.3) is 10.2 Å². The molecule has 1 aromatic carbocycles. The van der Waals surface area contributed by atoms with Crippen LogP contribution in [0.3, 0.4) is 0 Å². The highest BCUT2D eigenvalue weighted by Crippen LogP contribution is 2.35. The lowest BCUT2D eigenvalue weighted by atomic mass is 10.1. The number of aryl methyl sites for hydroxylation is 3. The van der Waals surface area contributed by atoms with Gasteiger partial charge < -0.3 is 4.90 Å². The normalized spacial score (nSPS) is 14.2. The molecule has 0 unspecified atom stereocenters. The summed E-state index contributed by atoms with van der Waals surface area (Å²) in [5, 5.41) is 1.94. The van der Waals surface area contributed by atoms with E-state index in [-0.39, 0.29) is 11.7 Å². The average molecular weight is 412 g/mol. The van der Waals surface area contributed by atoms with Gasteiger partial charge in [0.25, 0.3) is 0 Å². The second-order valence-corrected chi connectivity index (χ2v) is 9.11. The van der Waals surface area contributed by atoms with Gasteiger partial charge in [0, 0.05) is 34.5 Å². The molecule has 28 heavy (non-hydrogen) atoms. The zero-order chi connectivity index (χ0) is 19.8. The van der Waals surface area contributed by atoms with Crippen LogP contribution < -0.4 is 4.90 Å². The van der Waals surface area contributed by atoms with Gasteiger partial charge in [-0.25, -0.2) is 9.97 Å². The summed E-state index contributed by atoms with van der Waals surface area (Å²) >= 11 is 3.14. The predicted molar refractivity (Wildman–Crippen MR) is 115 cm³/mol. The summed E-state index contributed by atoms with van der Waals surface area (Å²) in [5.74, 6) is 1.25. The number of fused-ring (bicyclic) bond motifs is 1. The highest BCUT2D eigenvalue weighted by molar-refractivity contribution is 8.00. The van der Waals surface area contributed by atoms with Crippen molar-refractivity contribution in [3.63, 3.8) is 0 Å². The first-order valence-electron chi connectivity index (χ1n) is 9.25. The Morgan fingerprint density at radius 2 is 1.93 bits per heavy atom. The molecule has 0 N–H and O–H groups in total. The first kappa shape index (κ1) is 19.1. The van der Waals surface area contributed by atoms with Gasteiger partial charge in [0.1, 0.15) is 15.7 Å². The quantitative estimate of drug-likeness (QED) is 0.345. The van der Waals surface area contributed by atoms with Crippen LogP contribution in [0.15, 0.2) is 29.3 Å². The number of thioether (sulfide) groups is 1. The van der Waals surface area contributed by atoms with E-state index >= 15 is 0 Å². The molecule has 0 atom stereocenters. The number of carbonyl (C=O) groups excluding carboxylic acids is 2. The van der Waals surface area contributed by atoms with Crippen LogP contribution in [0.2, 0.25) is 0 Å². The van der Waals surface area contributed by atoms with E-state index in [4.69, 9.17) is 0 Å². The Kier molecular flexibility index (Phi) is 5.21. The number of benzene rings is 1. The van der Waals surface area contributed by atoms with E-state index in [1.54, 1.807) is 16.2 Å². The Morgan fingerprint density at radius 1 is 1.18 bits per heavy atom. The Bertz CT molecular complexity index is 1070. The Hall–Kier alpha value is -2.25. The number of hydrogen-bond donors (Lipinski definition) is 0. The van der Waals surface area contributed by atoms with E-state index in [0.29, 0.717) is 17.7 Å². The van der Waals surface area contributed by atoms with Gasteiger partial charge >= 0.3 is 0 Å². The standard InChI is InChI=1S/C21H21N3O2S2/c1-12-13(2)28-21-19(12)20(22-14(3)23-21)27-11-17(25)15-6-8-16(9-7-15)24-10-4-5-18(24)26/h6-9H,4-5,10-11H2,1-3H3. The SMILES string of the molecule is Cc1nc(SCC(=O)c2ccc(N3CCCC3=O)cc2)c2c(C)c(C)sc2n1. The monoisotopic (exact) mass is 411 g/mol. The minimum Gasteiger partial charge on any atom is -0.312 e. The second kappa shape index (κ2) is 7.64. The van der Waals surface area contributed by atoms with Crippen molar-refractivity contribution < 1.29 is 9.59 Å². The van der Waals surface area contributed by atoms with E-state index in [1.165, 1.54) is 22.2 Å². The van der Waals surface area contributed by atoms with Crippen LogP contribution in [-0.4, -0.2) is 34.0 Å². The maximum Gasteiger partial charge on any atom is 0.227 e. The van der Waals surface area contributed by atoms with Gasteiger partial charge in [0.05, 0.1) is 5.75 Å². The molecule has 1 amide bonds. The molecule has 7 heteroatoms. The maximum absolute atomic E-state index is 12.7. The minimum atomic E-state index is 0.0540. The topological polar surface area (TPSA) is 63.2 Å². The van der Waals surface area contributed by atoms with Crippen molar-refractivity contribution in [2.24, 2.45) is 0 Å². The van der Waals surface area contributed by atoms with Crippen molar-refractivity contribution >= 4 is 50.7 Å². The second-order valence-electron chi connectivity index (χ2n) is 6.95. The zero-order valence-corrected chi connectivity index (χ0v) is 17.7. The van der Waals surface area contributed by atoms with Gasteiger partial charge in [-0.3, -0.25) is 9.59 Å². The summed E-state index contributed by atoms with van der Waals surface area (Å²) in [6.45, 7) is 6.80. The van der Waals surface area contributed by atoms with E-state index in [1.807, 2.05) is 31.2 Å². The molecule has 1 fully saturated rings. The fourth-order valence-corrected chi connectivity index (χ4v) is 5.55. The fraction of sp³-hybridized carbons (Fsp3) is 0.333. The highest BCUT2D eigenvalue weighted by Gasteiger charge is 2.22. The third-order valence-corrected chi connectivity index (χ3v) is 7.10. The number of carbonyl (C=O) groups is 2. The van der Waals surface area contributed by atoms with Crippen molar-refractivity contribution in [1.29, 1.82) is 0 Å². The first-order chi connectivity index (χ1) is 13.4. The maximum atomic E-state index is 12.7. The summed E-state index contributed by atoms with van der Waals surface area (Å²) in [5.41, 5.74) is 2.71. The number of ketones is 1. The molecular formula is C21H21N3O2S2. The van der Waals surface area contributed by atoms with Crippen molar-refractivity contribution in [1.82, 2.24) is 9.97 Å². The molecule has 3 aromatic rings. The fourth-order valence-electron chi connectivity index (χ4n) is 3.38. The van der Waals surface area contributed by atoms with Gasteiger partial charge in [-0.05, 0) is 57.0 Å². The van der Waals surface area contributed by atoms with Crippen molar-refractivity contribution in [2.45, 2.75) is 38.6 Å². The third-order valence-electron chi connectivity index (χ3n) is 5.02. The molecule has 0 radical (unpaired) electrons. The number of thiophene rings is 1. The molecule has 1 aliphatic rings. The lowest BCUT2D eigenvalue weighted by Gasteiger charge is -2.15. The Labute approximate surface area is 172 Å². The smallest absolute Gasteiger partial charge is 0.227 e. The van der Waals surface area contributed by atoms with E-state index in [9.17, 15) is 9.59 Å². The van der Waals surface area contributed by atoms with Crippen molar-refractivity contribution in [3.05, 3.63) is 46.1 Å². The number of anilines is 1. The minimum absolute atomic E-state index is 0.0540. The molecule has 0 bridgehead atoms. The molecule has 0 saturated carbocycles. The van der Waals surface area contributed by atoms with Crippen LogP contribution in [0, 0.1) is 20.8 Å². The summed E-state index contributed by atoms with van der Waals surface area (Å²) in [4.78, 5) is 37.7. The lowest BCUT2D eigenvalue weighted by Crippen LogP contribution is -2.23. The Balaban J connectivity index is 1.50. The highest BCUT2D eigenvalue weighted by atomic mass is 32.2. The molecule has 2 aromatic heterocycles. The molecule has 3 heterocycles. The molecule has 5 nitrogen and oxygen atoms in total. The Morgan fingerprint density at radius 3 is 2.61 bits per heavy atom. The molecule has 0 spiro atoms. The summed E-state index contributed by atoms with van der Waals surface area (Å²) in [6.07, 6.45) is 1.50. The zero-order valence-electron chi connectivity index (χ0n) is 16.1. The molecule has 1 aliphatic heterocycles. The van der Waals surface area contributed by atoms with E-state index in [2.05, 4.69) is 23.8 Å². The molecule has 144 valence electrons. The summed E-state index contributed by atoms with van der Waals surface area (Å²) in [7, 11) is 0. The van der Waals surface area contributed by atoms with Crippen LogP contribution in [-0.2, 0) is 4.79 Å². The molecule has 1 saturated heterocycles.